The number of nitrogens with one attached hydrogen (secondary N) is 1. The van der Waals surface area contributed by atoms with Gasteiger partial charge in [0.05, 0.1) is 10.0 Å². The van der Waals surface area contributed by atoms with Crippen molar-refractivity contribution in [3.8, 4) is 0 Å². The normalized spacial score (nSPS) is 10.7. The number of carbonyl (C=O) groups excluding carboxylic acids is 1. The van der Waals surface area contributed by atoms with Gasteiger partial charge < -0.3 is 5.32 Å². The highest BCUT2D eigenvalue weighted by Crippen LogP contribution is 2.23. The van der Waals surface area contributed by atoms with Crippen LogP contribution in [0.5, 0.6) is 0 Å². The molecule has 0 fully saturated rings. The first-order valence-corrected chi connectivity index (χ1v) is 6.24. The summed E-state index contributed by atoms with van der Waals surface area (Å²) in [7, 11) is 0. The third kappa shape index (κ3) is 3.25. The molecule has 2 nitrogen and oxygen atoms in total. The topological polar surface area (TPSA) is 29.1 Å². The summed E-state index contributed by atoms with van der Waals surface area (Å²) in [4.78, 5) is 11.8. The molecule has 94 valence electrons. The quantitative estimate of drug-likeness (QED) is 0.845. The van der Waals surface area contributed by atoms with Crippen molar-refractivity contribution in [3.63, 3.8) is 0 Å². The van der Waals surface area contributed by atoms with E-state index in [9.17, 15) is 13.6 Å². The second-order valence-corrected chi connectivity index (χ2v) is 4.50. The number of hydrogen-bond donors (Lipinski definition) is 1. The van der Waals surface area contributed by atoms with Crippen LogP contribution in [-0.4, -0.2) is 11.9 Å². The molecule has 5 heteroatoms. The van der Waals surface area contributed by atoms with Crippen molar-refractivity contribution in [1.29, 1.82) is 0 Å². The maximum absolute atomic E-state index is 13.5. The zero-order valence-corrected chi connectivity index (χ0v) is 11.3. The van der Waals surface area contributed by atoms with Crippen LogP contribution in [-0.2, 0) is 0 Å². The SMILES string of the molecule is CCC(CC)NC(=O)c1c(F)ccc(F)c1Br. The van der Waals surface area contributed by atoms with Crippen molar-refractivity contribution in [2.75, 3.05) is 0 Å². The first-order valence-electron chi connectivity index (χ1n) is 5.45. The predicted molar refractivity (Wildman–Crippen MR) is 65.9 cm³/mol. The Labute approximate surface area is 108 Å². The van der Waals surface area contributed by atoms with Crippen LogP contribution >= 0.6 is 15.9 Å². The maximum atomic E-state index is 13.5. The fraction of sp³-hybridized carbons (Fsp3) is 0.417. The summed E-state index contributed by atoms with van der Waals surface area (Å²) in [5, 5.41) is 2.67. The van der Waals surface area contributed by atoms with E-state index < -0.39 is 17.5 Å². The first-order chi connectivity index (χ1) is 8.01. The molecular weight excluding hydrogens is 292 g/mol. The van der Waals surface area contributed by atoms with E-state index in [4.69, 9.17) is 0 Å². The molecule has 0 atom stereocenters. The van der Waals surface area contributed by atoms with Gasteiger partial charge in [0.2, 0.25) is 0 Å². The fourth-order valence-corrected chi connectivity index (χ4v) is 1.99. The van der Waals surface area contributed by atoms with E-state index in [1.54, 1.807) is 0 Å². The van der Waals surface area contributed by atoms with Gasteiger partial charge in [0.15, 0.2) is 0 Å². The first kappa shape index (κ1) is 14.1. The molecule has 0 aromatic heterocycles. The van der Waals surface area contributed by atoms with Gasteiger partial charge in [0.1, 0.15) is 11.6 Å². The maximum Gasteiger partial charge on any atom is 0.255 e. The summed E-state index contributed by atoms with van der Waals surface area (Å²) in [5.41, 5.74) is -0.281. The molecule has 1 rings (SSSR count). The number of rotatable bonds is 4. The number of hydrogen-bond acceptors (Lipinski definition) is 1. The molecule has 0 spiro atoms. The second-order valence-electron chi connectivity index (χ2n) is 3.71. The van der Waals surface area contributed by atoms with Gasteiger partial charge in [-0.2, -0.15) is 0 Å². The summed E-state index contributed by atoms with van der Waals surface area (Å²) >= 11 is 2.89. The van der Waals surface area contributed by atoms with E-state index >= 15 is 0 Å². The van der Waals surface area contributed by atoms with Crippen molar-refractivity contribution in [1.82, 2.24) is 5.32 Å². The van der Waals surface area contributed by atoms with E-state index in [0.29, 0.717) is 0 Å². The summed E-state index contributed by atoms with van der Waals surface area (Å²) in [6.45, 7) is 3.84. The number of amides is 1. The molecule has 0 aliphatic heterocycles. The van der Waals surface area contributed by atoms with E-state index in [2.05, 4.69) is 21.2 Å². The lowest BCUT2D eigenvalue weighted by Gasteiger charge is -2.15. The molecule has 1 amide bonds. The molecule has 1 aromatic carbocycles. The highest BCUT2D eigenvalue weighted by atomic mass is 79.9. The lowest BCUT2D eigenvalue weighted by atomic mass is 10.1. The number of carbonyl (C=O) groups is 1. The van der Waals surface area contributed by atoms with Gasteiger partial charge in [-0.1, -0.05) is 13.8 Å². The minimum Gasteiger partial charge on any atom is -0.349 e. The molecule has 0 aliphatic rings. The molecule has 0 unspecified atom stereocenters. The van der Waals surface area contributed by atoms with Crippen LogP contribution < -0.4 is 5.32 Å². The Morgan fingerprint density at radius 1 is 1.29 bits per heavy atom. The summed E-state index contributed by atoms with van der Waals surface area (Å²) in [6, 6.07) is 1.90. The zero-order chi connectivity index (χ0) is 13.0. The number of benzene rings is 1. The van der Waals surface area contributed by atoms with Gasteiger partial charge in [-0.3, -0.25) is 4.79 Å². The Hall–Kier alpha value is -0.970. The minimum absolute atomic E-state index is 0.0305. The van der Waals surface area contributed by atoms with Crippen molar-refractivity contribution < 1.29 is 13.6 Å². The Bertz CT molecular complexity index is 419. The highest BCUT2D eigenvalue weighted by molar-refractivity contribution is 9.10. The smallest absolute Gasteiger partial charge is 0.255 e. The average Bonchev–Trinajstić information content (AvgIpc) is 2.31. The third-order valence-electron chi connectivity index (χ3n) is 2.59. The predicted octanol–water partition coefficient (Wildman–Crippen LogP) is 3.65. The van der Waals surface area contributed by atoms with Gasteiger partial charge in [0.25, 0.3) is 5.91 Å². The lowest BCUT2D eigenvalue weighted by molar-refractivity contribution is 0.0929. The van der Waals surface area contributed by atoms with E-state index in [0.717, 1.165) is 25.0 Å². The molecule has 1 N–H and O–H groups in total. The standard InChI is InChI=1S/C12H14BrF2NO/c1-3-7(4-2)16-12(17)10-8(14)5-6-9(15)11(10)13/h5-7H,3-4H2,1-2H3,(H,16,17). The Kier molecular flexibility index (Phi) is 5.05. The van der Waals surface area contributed by atoms with E-state index in [-0.39, 0.29) is 16.1 Å². The average molecular weight is 306 g/mol. The van der Waals surface area contributed by atoms with Gasteiger partial charge >= 0.3 is 0 Å². The molecule has 0 heterocycles. The Morgan fingerprint density at radius 3 is 2.35 bits per heavy atom. The summed E-state index contributed by atoms with van der Waals surface area (Å²) in [5.74, 6) is -1.98. The third-order valence-corrected chi connectivity index (χ3v) is 3.37. The summed E-state index contributed by atoms with van der Waals surface area (Å²) in [6.07, 6.45) is 1.49. The molecule has 0 bridgehead atoms. The van der Waals surface area contributed by atoms with Crippen LogP contribution in [0, 0.1) is 11.6 Å². The van der Waals surface area contributed by atoms with Crippen LogP contribution in [0.25, 0.3) is 0 Å². The zero-order valence-electron chi connectivity index (χ0n) is 9.69. The Balaban J connectivity index is 3.00. The molecule has 0 saturated heterocycles. The van der Waals surface area contributed by atoms with Gasteiger partial charge in [-0.15, -0.1) is 0 Å². The van der Waals surface area contributed by atoms with Crippen molar-refractivity contribution in [3.05, 3.63) is 33.8 Å². The van der Waals surface area contributed by atoms with Gasteiger partial charge in [0, 0.05) is 6.04 Å². The largest absolute Gasteiger partial charge is 0.349 e. The van der Waals surface area contributed by atoms with Crippen molar-refractivity contribution in [2.24, 2.45) is 0 Å². The van der Waals surface area contributed by atoms with Crippen LogP contribution in [0.3, 0.4) is 0 Å². The van der Waals surface area contributed by atoms with Crippen LogP contribution in [0.4, 0.5) is 8.78 Å². The van der Waals surface area contributed by atoms with Crippen molar-refractivity contribution in [2.45, 2.75) is 32.7 Å². The van der Waals surface area contributed by atoms with Gasteiger partial charge in [-0.25, -0.2) is 8.78 Å². The monoisotopic (exact) mass is 305 g/mol. The van der Waals surface area contributed by atoms with E-state index in [1.807, 2.05) is 13.8 Å². The van der Waals surface area contributed by atoms with E-state index in [1.165, 1.54) is 0 Å². The molecule has 1 aromatic rings. The fourth-order valence-electron chi connectivity index (χ4n) is 1.49. The molecule has 0 saturated carbocycles. The molecule has 17 heavy (non-hydrogen) atoms. The highest BCUT2D eigenvalue weighted by Gasteiger charge is 2.20. The van der Waals surface area contributed by atoms with Crippen LogP contribution in [0.15, 0.2) is 16.6 Å². The summed E-state index contributed by atoms with van der Waals surface area (Å²) < 4.78 is 26.6. The molecular formula is C12H14BrF2NO. The van der Waals surface area contributed by atoms with Crippen molar-refractivity contribution >= 4 is 21.8 Å². The number of halogens is 3. The lowest BCUT2D eigenvalue weighted by Crippen LogP contribution is -2.34. The van der Waals surface area contributed by atoms with Crippen LogP contribution in [0.1, 0.15) is 37.0 Å². The van der Waals surface area contributed by atoms with Crippen LogP contribution in [0.2, 0.25) is 0 Å². The molecule has 0 aliphatic carbocycles. The minimum atomic E-state index is -0.735. The second kappa shape index (κ2) is 6.10. The molecule has 0 radical (unpaired) electrons. The van der Waals surface area contributed by atoms with Gasteiger partial charge in [-0.05, 0) is 40.9 Å². The Morgan fingerprint density at radius 2 is 1.82 bits per heavy atom.